The Morgan fingerprint density at radius 1 is 0.970 bits per heavy atom. The summed E-state index contributed by atoms with van der Waals surface area (Å²) < 4.78 is 23.9. The Morgan fingerprint density at radius 3 is 2.30 bits per heavy atom. The molecule has 6 rings (SSSR count). The molecule has 0 aromatic heterocycles. The predicted molar refractivity (Wildman–Crippen MR) is 115 cm³/mol. The smallest absolute Gasteiger partial charge is 0.120 e. The summed E-state index contributed by atoms with van der Waals surface area (Å²) >= 11 is 0. The van der Waals surface area contributed by atoms with E-state index in [-0.39, 0.29) is 41.9 Å². The molecule has 1 spiro atoms. The number of likely N-dealkylation sites (tertiary alicyclic amines) is 1. The molecule has 7 bridgehead atoms. The zero-order valence-corrected chi connectivity index (χ0v) is 20.2. The number of piperidine rings is 1. The van der Waals surface area contributed by atoms with Crippen LogP contribution in [0.2, 0.25) is 0 Å². The highest BCUT2D eigenvalue weighted by Gasteiger charge is 2.89. The van der Waals surface area contributed by atoms with Crippen LogP contribution < -0.4 is 0 Å². The summed E-state index contributed by atoms with van der Waals surface area (Å²) in [7, 11) is 8.66. The quantitative estimate of drug-likeness (QED) is 0.396. The molecular formula is C24H39NO8. The van der Waals surface area contributed by atoms with Crippen molar-refractivity contribution in [1.29, 1.82) is 0 Å². The van der Waals surface area contributed by atoms with E-state index >= 15 is 0 Å². The third-order valence-electron chi connectivity index (χ3n) is 11.3. The molecule has 1 aliphatic heterocycles. The lowest BCUT2D eigenvalue weighted by molar-refractivity contribution is -0.314. The van der Waals surface area contributed by atoms with Gasteiger partial charge in [0.2, 0.25) is 0 Å². The van der Waals surface area contributed by atoms with Gasteiger partial charge in [-0.15, -0.1) is 0 Å². The summed E-state index contributed by atoms with van der Waals surface area (Å²) in [6.07, 6.45) is -2.14. The summed E-state index contributed by atoms with van der Waals surface area (Å²) in [5.41, 5.74) is -3.98. The van der Waals surface area contributed by atoms with Gasteiger partial charge in [0.25, 0.3) is 0 Å². The number of hydrogen-bond acceptors (Lipinski definition) is 9. The predicted octanol–water partition coefficient (Wildman–Crippen LogP) is -1.15. The van der Waals surface area contributed by atoms with Gasteiger partial charge >= 0.3 is 0 Å². The molecule has 6 fully saturated rings. The Morgan fingerprint density at radius 2 is 1.70 bits per heavy atom. The largest absolute Gasteiger partial charge is 0.390 e. The average molecular weight is 470 g/mol. The van der Waals surface area contributed by atoms with E-state index in [4.69, 9.17) is 18.9 Å². The van der Waals surface area contributed by atoms with Gasteiger partial charge in [-0.1, -0.05) is 0 Å². The van der Waals surface area contributed by atoms with Crippen molar-refractivity contribution in [3.05, 3.63) is 0 Å². The molecular weight excluding hydrogens is 430 g/mol. The van der Waals surface area contributed by atoms with Gasteiger partial charge in [0.15, 0.2) is 0 Å². The Balaban J connectivity index is 1.66. The molecule has 5 aliphatic carbocycles. The molecule has 33 heavy (non-hydrogen) atoms. The Labute approximate surface area is 194 Å². The van der Waals surface area contributed by atoms with Gasteiger partial charge in [0.1, 0.15) is 23.4 Å². The minimum absolute atomic E-state index is 0.00206. The van der Waals surface area contributed by atoms with Gasteiger partial charge in [-0.3, -0.25) is 0 Å². The fraction of sp³-hybridized carbons (Fsp3) is 1.00. The number of nitrogens with zero attached hydrogens (tertiary/aromatic N) is 1. The maximum atomic E-state index is 12.5. The monoisotopic (exact) mass is 469 g/mol. The summed E-state index contributed by atoms with van der Waals surface area (Å²) in [4.78, 5) is 2.31. The molecule has 0 aromatic carbocycles. The molecule has 6 aliphatic rings. The van der Waals surface area contributed by atoms with Crippen LogP contribution in [0.15, 0.2) is 0 Å². The summed E-state index contributed by atoms with van der Waals surface area (Å²) in [5.74, 6) is -1.44. The van der Waals surface area contributed by atoms with Crippen molar-refractivity contribution in [3.63, 3.8) is 0 Å². The first-order valence-corrected chi connectivity index (χ1v) is 12.2. The van der Waals surface area contributed by atoms with Crippen molar-refractivity contribution in [1.82, 2.24) is 4.90 Å². The molecule has 9 heteroatoms. The third-order valence-corrected chi connectivity index (χ3v) is 11.3. The number of aliphatic hydroxyl groups is 4. The van der Waals surface area contributed by atoms with Gasteiger partial charge in [-0.2, -0.15) is 0 Å². The standard InChI is InChI=1S/C24H39NO8/c1-25-9-21(10-30-2)7-6-12(31-3)23-11-8-22(28)18(26)13(11)24(29,19(27)20(22)33-5)14(17(23)25)15(32-4)16(21)23/h11-20,26-29H,6-10H2,1-5H3/t11-,12+,13-,14?,15+,16-,17-,18-,19+,20+,21+,22-,23+,24-/m1/s1. The minimum atomic E-state index is -1.67. The van der Waals surface area contributed by atoms with Crippen LogP contribution >= 0.6 is 0 Å². The first-order valence-electron chi connectivity index (χ1n) is 12.2. The highest BCUT2D eigenvalue weighted by molar-refractivity contribution is 5.39. The second kappa shape index (κ2) is 6.89. The lowest BCUT2D eigenvalue weighted by atomic mass is 9.43. The van der Waals surface area contributed by atoms with Gasteiger partial charge in [0.05, 0.1) is 24.9 Å². The van der Waals surface area contributed by atoms with Crippen molar-refractivity contribution in [2.24, 2.45) is 34.5 Å². The van der Waals surface area contributed by atoms with Gasteiger partial charge < -0.3 is 44.3 Å². The number of rotatable bonds is 5. The van der Waals surface area contributed by atoms with Gasteiger partial charge in [0, 0.05) is 69.6 Å². The highest BCUT2D eigenvalue weighted by atomic mass is 16.5. The van der Waals surface area contributed by atoms with E-state index in [9.17, 15) is 20.4 Å². The SMILES string of the molecule is COC[C@@]12CC[C@H](OC)[C@@]34[C@@H]5C[C@@]6(O)[C@H](O)[C@@H]5[C@@](O)(C([C@H](OC)[C@H]13)[C@H]4N(C)C2)[C@@H](O)[C@@H]6OC. The number of hydrogen-bond donors (Lipinski definition) is 4. The van der Waals surface area contributed by atoms with Crippen LogP contribution in [-0.4, -0.2) is 122 Å². The highest BCUT2D eigenvalue weighted by Crippen LogP contribution is 2.79. The fourth-order valence-corrected chi connectivity index (χ4v) is 10.9. The van der Waals surface area contributed by atoms with Crippen molar-refractivity contribution < 1.29 is 39.4 Å². The molecule has 0 aromatic rings. The molecule has 0 radical (unpaired) electrons. The molecule has 5 saturated carbocycles. The lowest BCUT2D eigenvalue weighted by Gasteiger charge is -2.69. The van der Waals surface area contributed by atoms with Crippen molar-refractivity contribution in [2.75, 3.05) is 48.6 Å². The Kier molecular flexibility index (Phi) is 4.82. The van der Waals surface area contributed by atoms with Crippen LogP contribution in [0.4, 0.5) is 0 Å². The summed E-state index contributed by atoms with van der Waals surface area (Å²) in [6.45, 7) is 1.36. The maximum Gasteiger partial charge on any atom is 0.120 e. The minimum Gasteiger partial charge on any atom is -0.390 e. The van der Waals surface area contributed by atoms with Crippen LogP contribution in [-0.2, 0) is 18.9 Å². The summed E-state index contributed by atoms with van der Waals surface area (Å²) in [5, 5.41) is 47.3. The Hall–Kier alpha value is -0.360. The van der Waals surface area contributed by atoms with E-state index in [2.05, 4.69) is 11.9 Å². The number of ether oxygens (including phenoxy) is 4. The lowest BCUT2D eigenvalue weighted by Crippen LogP contribution is -2.79. The van der Waals surface area contributed by atoms with E-state index < -0.39 is 46.8 Å². The van der Waals surface area contributed by atoms with Crippen molar-refractivity contribution in [2.45, 2.75) is 67.0 Å². The topological polar surface area (TPSA) is 121 Å². The first kappa shape index (κ1) is 23.1. The normalized spacial score (nSPS) is 63.2. The number of methoxy groups -OCH3 is 4. The first-order chi connectivity index (χ1) is 15.6. The van der Waals surface area contributed by atoms with E-state index in [1.807, 2.05) is 0 Å². The molecule has 4 N–H and O–H groups in total. The molecule has 0 amide bonds. The molecule has 1 saturated heterocycles. The van der Waals surface area contributed by atoms with Crippen LogP contribution in [0.25, 0.3) is 0 Å². The number of fused-ring (bicyclic) bond motifs is 2. The zero-order chi connectivity index (χ0) is 23.7. The molecule has 9 nitrogen and oxygen atoms in total. The van der Waals surface area contributed by atoms with Crippen molar-refractivity contribution in [3.8, 4) is 0 Å². The van der Waals surface area contributed by atoms with Crippen LogP contribution in [0, 0.1) is 34.5 Å². The molecule has 188 valence electrons. The summed E-state index contributed by atoms with van der Waals surface area (Å²) in [6, 6.07) is -0.131. The zero-order valence-electron chi connectivity index (χ0n) is 20.2. The second-order valence-corrected chi connectivity index (χ2v) is 11.9. The maximum absolute atomic E-state index is 12.5. The van der Waals surface area contributed by atoms with Crippen LogP contribution in [0.1, 0.15) is 19.3 Å². The molecule has 14 atom stereocenters. The van der Waals surface area contributed by atoms with Crippen LogP contribution in [0.3, 0.4) is 0 Å². The molecule has 1 unspecified atom stereocenters. The van der Waals surface area contributed by atoms with E-state index in [1.165, 1.54) is 7.11 Å². The van der Waals surface area contributed by atoms with Gasteiger partial charge in [-0.25, -0.2) is 0 Å². The fourth-order valence-electron chi connectivity index (χ4n) is 10.9. The van der Waals surface area contributed by atoms with E-state index in [1.54, 1.807) is 21.3 Å². The van der Waals surface area contributed by atoms with Crippen molar-refractivity contribution >= 4 is 0 Å². The Bertz CT molecular complexity index is 830. The number of aliphatic hydroxyl groups excluding tert-OH is 2. The van der Waals surface area contributed by atoms with E-state index in [0.717, 1.165) is 19.4 Å². The average Bonchev–Trinajstić information content (AvgIpc) is 3.16. The second-order valence-electron chi connectivity index (χ2n) is 11.9. The van der Waals surface area contributed by atoms with Crippen LogP contribution in [0.5, 0.6) is 0 Å². The third kappa shape index (κ3) is 2.15. The van der Waals surface area contributed by atoms with Gasteiger partial charge in [-0.05, 0) is 32.2 Å². The van der Waals surface area contributed by atoms with E-state index in [0.29, 0.717) is 6.61 Å². The molecule has 1 heterocycles.